The fourth-order valence-corrected chi connectivity index (χ4v) is 1.60. The van der Waals surface area contributed by atoms with Gasteiger partial charge in [0.05, 0.1) is 13.0 Å². The number of hydrogen-bond acceptors (Lipinski definition) is 4. The van der Waals surface area contributed by atoms with Crippen molar-refractivity contribution in [2.24, 2.45) is 5.92 Å². The van der Waals surface area contributed by atoms with Gasteiger partial charge in [-0.05, 0) is 25.4 Å². The first-order valence-corrected chi connectivity index (χ1v) is 5.57. The third kappa shape index (κ3) is 5.69. The number of carbonyl (C=O) groups excluding carboxylic acids is 2. The van der Waals surface area contributed by atoms with E-state index in [0.29, 0.717) is 12.8 Å². The van der Waals surface area contributed by atoms with Crippen molar-refractivity contribution in [3.63, 3.8) is 0 Å². The predicted octanol–water partition coefficient (Wildman–Crippen LogP) is 1.51. The van der Waals surface area contributed by atoms with Gasteiger partial charge in [-0.25, -0.2) is 0 Å². The van der Waals surface area contributed by atoms with Crippen molar-refractivity contribution >= 4 is 23.5 Å². The van der Waals surface area contributed by atoms with Crippen LogP contribution in [0.15, 0.2) is 0 Å². The van der Waals surface area contributed by atoms with E-state index in [2.05, 4.69) is 4.74 Å². The van der Waals surface area contributed by atoms with E-state index in [1.54, 1.807) is 11.8 Å². The number of methoxy groups -OCH3 is 1. The third-order valence-electron chi connectivity index (χ3n) is 1.74. The molecule has 0 aliphatic rings. The van der Waals surface area contributed by atoms with Gasteiger partial charge < -0.3 is 9.53 Å². The largest absolute Gasteiger partial charge is 0.469 e. The summed E-state index contributed by atoms with van der Waals surface area (Å²) >= 11 is 1.67. The minimum absolute atomic E-state index is 0.0384. The number of esters is 1. The molecule has 0 fully saturated rings. The van der Waals surface area contributed by atoms with Gasteiger partial charge in [0, 0.05) is 6.42 Å². The SMILES string of the molecule is COC(=O)C(CCSC)CC(C)=O. The van der Waals surface area contributed by atoms with E-state index < -0.39 is 0 Å². The molecule has 0 aromatic rings. The Morgan fingerprint density at radius 3 is 2.46 bits per heavy atom. The summed E-state index contributed by atoms with van der Waals surface area (Å²) in [6.45, 7) is 1.50. The van der Waals surface area contributed by atoms with Crippen LogP contribution in [0.25, 0.3) is 0 Å². The van der Waals surface area contributed by atoms with Gasteiger partial charge in [0.1, 0.15) is 5.78 Å². The molecule has 0 aliphatic carbocycles. The van der Waals surface area contributed by atoms with Crippen molar-refractivity contribution in [2.75, 3.05) is 19.1 Å². The summed E-state index contributed by atoms with van der Waals surface area (Å²) in [7, 11) is 1.36. The summed E-state index contributed by atoms with van der Waals surface area (Å²) in [4.78, 5) is 22.0. The van der Waals surface area contributed by atoms with Crippen LogP contribution in [0.2, 0.25) is 0 Å². The van der Waals surface area contributed by atoms with Crippen LogP contribution in [0.5, 0.6) is 0 Å². The Bertz CT molecular complexity index is 180. The Balaban J connectivity index is 4.02. The zero-order chi connectivity index (χ0) is 10.3. The van der Waals surface area contributed by atoms with Gasteiger partial charge in [0.25, 0.3) is 0 Å². The maximum absolute atomic E-state index is 11.2. The minimum Gasteiger partial charge on any atom is -0.469 e. The summed E-state index contributed by atoms with van der Waals surface area (Å²) in [6.07, 6.45) is 2.99. The van der Waals surface area contributed by atoms with E-state index in [0.717, 1.165) is 5.75 Å². The van der Waals surface area contributed by atoms with Crippen LogP contribution in [-0.4, -0.2) is 30.9 Å². The zero-order valence-electron chi connectivity index (χ0n) is 8.33. The lowest BCUT2D eigenvalue weighted by Gasteiger charge is -2.11. The Morgan fingerprint density at radius 1 is 1.46 bits per heavy atom. The molecule has 76 valence electrons. The van der Waals surface area contributed by atoms with Crippen molar-refractivity contribution in [1.82, 2.24) is 0 Å². The second-order valence-electron chi connectivity index (χ2n) is 2.91. The lowest BCUT2D eigenvalue weighted by Crippen LogP contribution is -2.19. The molecule has 0 saturated heterocycles. The van der Waals surface area contributed by atoms with Crippen LogP contribution in [0.1, 0.15) is 19.8 Å². The second-order valence-corrected chi connectivity index (χ2v) is 3.89. The van der Waals surface area contributed by atoms with Crippen LogP contribution in [0.3, 0.4) is 0 Å². The van der Waals surface area contributed by atoms with E-state index in [9.17, 15) is 9.59 Å². The molecule has 1 atom stereocenters. The molecule has 4 heteroatoms. The molecular formula is C9H16O3S. The number of hydrogen-bond donors (Lipinski definition) is 0. The van der Waals surface area contributed by atoms with Crippen LogP contribution >= 0.6 is 11.8 Å². The molecule has 0 spiro atoms. The summed E-state index contributed by atoms with van der Waals surface area (Å²) in [6, 6.07) is 0. The molecule has 0 aromatic carbocycles. The van der Waals surface area contributed by atoms with E-state index in [4.69, 9.17) is 0 Å². The normalized spacial score (nSPS) is 12.2. The number of ether oxygens (including phenoxy) is 1. The van der Waals surface area contributed by atoms with Crippen LogP contribution in [-0.2, 0) is 14.3 Å². The first kappa shape index (κ1) is 12.5. The number of thioether (sulfide) groups is 1. The van der Waals surface area contributed by atoms with Crippen LogP contribution < -0.4 is 0 Å². The maximum Gasteiger partial charge on any atom is 0.309 e. The molecule has 0 aromatic heterocycles. The minimum atomic E-state index is -0.274. The van der Waals surface area contributed by atoms with Crippen molar-refractivity contribution < 1.29 is 14.3 Å². The van der Waals surface area contributed by atoms with Gasteiger partial charge in [-0.3, -0.25) is 4.79 Å². The van der Waals surface area contributed by atoms with E-state index in [1.807, 2.05) is 6.26 Å². The Hall–Kier alpha value is -0.510. The molecule has 0 radical (unpaired) electrons. The standard InChI is InChI=1S/C9H16O3S/c1-7(10)6-8(4-5-13-3)9(11)12-2/h8H,4-6H2,1-3H3. The number of carbonyl (C=O) groups is 2. The number of Topliss-reactive ketones (excluding diaryl/α,β-unsaturated/α-hetero) is 1. The zero-order valence-corrected chi connectivity index (χ0v) is 9.15. The summed E-state index contributed by atoms with van der Waals surface area (Å²) in [5, 5.41) is 0. The molecule has 0 aliphatic heterocycles. The molecule has 0 bridgehead atoms. The average molecular weight is 204 g/mol. The Kier molecular flexibility index (Phi) is 6.68. The molecule has 0 amide bonds. The Labute approximate surface area is 83.2 Å². The molecule has 1 unspecified atom stereocenters. The smallest absolute Gasteiger partial charge is 0.309 e. The number of rotatable bonds is 6. The van der Waals surface area contributed by atoms with Crippen molar-refractivity contribution in [3.8, 4) is 0 Å². The highest BCUT2D eigenvalue weighted by Gasteiger charge is 2.20. The van der Waals surface area contributed by atoms with Gasteiger partial charge in [0.2, 0.25) is 0 Å². The highest BCUT2D eigenvalue weighted by atomic mass is 32.2. The molecule has 0 N–H and O–H groups in total. The summed E-state index contributed by atoms with van der Waals surface area (Å²) in [5.74, 6) is 0.392. The fourth-order valence-electron chi connectivity index (χ4n) is 1.08. The fraction of sp³-hybridized carbons (Fsp3) is 0.778. The average Bonchev–Trinajstić information content (AvgIpc) is 2.10. The monoisotopic (exact) mass is 204 g/mol. The van der Waals surface area contributed by atoms with Gasteiger partial charge >= 0.3 is 5.97 Å². The highest BCUT2D eigenvalue weighted by Crippen LogP contribution is 2.14. The van der Waals surface area contributed by atoms with Gasteiger partial charge in [-0.15, -0.1) is 0 Å². The van der Waals surface area contributed by atoms with Crippen molar-refractivity contribution in [3.05, 3.63) is 0 Å². The van der Waals surface area contributed by atoms with Crippen LogP contribution in [0.4, 0.5) is 0 Å². The van der Waals surface area contributed by atoms with Crippen molar-refractivity contribution in [2.45, 2.75) is 19.8 Å². The molecule has 0 saturated carbocycles. The maximum atomic E-state index is 11.2. The van der Waals surface area contributed by atoms with E-state index >= 15 is 0 Å². The third-order valence-corrected chi connectivity index (χ3v) is 2.38. The van der Waals surface area contributed by atoms with Gasteiger partial charge in [-0.2, -0.15) is 11.8 Å². The van der Waals surface area contributed by atoms with Gasteiger partial charge in [0.15, 0.2) is 0 Å². The van der Waals surface area contributed by atoms with Gasteiger partial charge in [-0.1, -0.05) is 0 Å². The second kappa shape index (κ2) is 6.95. The first-order chi connectivity index (χ1) is 6.11. The summed E-state index contributed by atoms with van der Waals surface area (Å²) in [5.41, 5.74) is 0. The molecular weight excluding hydrogens is 188 g/mol. The predicted molar refractivity (Wildman–Crippen MR) is 53.8 cm³/mol. The van der Waals surface area contributed by atoms with E-state index in [-0.39, 0.29) is 17.7 Å². The topological polar surface area (TPSA) is 43.4 Å². The summed E-state index contributed by atoms with van der Waals surface area (Å²) < 4.78 is 4.61. The molecule has 0 heterocycles. The first-order valence-electron chi connectivity index (χ1n) is 4.18. The molecule has 13 heavy (non-hydrogen) atoms. The lowest BCUT2D eigenvalue weighted by molar-refractivity contribution is -0.147. The molecule has 3 nitrogen and oxygen atoms in total. The number of ketones is 1. The van der Waals surface area contributed by atoms with Crippen LogP contribution in [0, 0.1) is 5.92 Å². The Morgan fingerprint density at radius 2 is 2.08 bits per heavy atom. The van der Waals surface area contributed by atoms with E-state index in [1.165, 1.54) is 14.0 Å². The highest BCUT2D eigenvalue weighted by molar-refractivity contribution is 7.98. The quantitative estimate of drug-likeness (QED) is 0.615. The lowest BCUT2D eigenvalue weighted by atomic mass is 10.0. The van der Waals surface area contributed by atoms with Crippen molar-refractivity contribution in [1.29, 1.82) is 0 Å². The molecule has 0 rings (SSSR count).